The SMILES string of the molecule is CNCC1CCCN(C(=O)c2cc(F)c(C)cc2Cl)C1. The second-order valence-corrected chi connectivity index (χ2v) is 5.81. The van der Waals surface area contributed by atoms with Crippen LogP contribution >= 0.6 is 11.6 Å². The van der Waals surface area contributed by atoms with Gasteiger partial charge < -0.3 is 10.2 Å². The molecule has 1 aliphatic heterocycles. The van der Waals surface area contributed by atoms with Gasteiger partial charge in [-0.2, -0.15) is 0 Å². The van der Waals surface area contributed by atoms with Crippen LogP contribution in [0.25, 0.3) is 0 Å². The van der Waals surface area contributed by atoms with Crippen LogP contribution in [0.2, 0.25) is 5.02 Å². The number of rotatable bonds is 3. The molecule has 0 saturated carbocycles. The van der Waals surface area contributed by atoms with Crippen molar-refractivity contribution in [3.8, 4) is 0 Å². The highest BCUT2D eigenvalue weighted by atomic mass is 35.5. The monoisotopic (exact) mass is 298 g/mol. The molecule has 0 aromatic heterocycles. The molecule has 1 heterocycles. The summed E-state index contributed by atoms with van der Waals surface area (Å²) in [5, 5.41) is 3.46. The molecular weight excluding hydrogens is 279 g/mol. The van der Waals surface area contributed by atoms with Crippen LogP contribution < -0.4 is 5.32 Å². The fourth-order valence-corrected chi connectivity index (χ4v) is 2.98. The number of carbonyl (C=O) groups excluding carboxylic acids is 1. The molecule has 20 heavy (non-hydrogen) atoms. The Hall–Kier alpha value is -1.13. The lowest BCUT2D eigenvalue weighted by Gasteiger charge is -2.33. The van der Waals surface area contributed by atoms with Crippen molar-refractivity contribution in [2.24, 2.45) is 5.92 Å². The number of hydrogen-bond acceptors (Lipinski definition) is 2. The van der Waals surface area contributed by atoms with E-state index in [1.807, 2.05) is 7.05 Å². The average molecular weight is 299 g/mol. The highest BCUT2D eigenvalue weighted by Gasteiger charge is 2.25. The van der Waals surface area contributed by atoms with Gasteiger partial charge in [-0.1, -0.05) is 11.6 Å². The number of nitrogens with zero attached hydrogens (tertiary/aromatic N) is 1. The van der Waals surface area contributed by atoms with E-state index in [1.54, 1.807) is 11.8 Å². The molecule has 1 aromatic rings. The molecule has 0 bridgehead atoms. The molecule has 110 valence electrons. The van der Waals surface area contributed by atoms with Crippen molar-refractivity contribution in [1.29, 1.82) is 0 Å². The smallest absolute Gasteiger partial charge is 0.255 e. The Labute approximate surface area is 124 Å². The number of aryl methyl sites for hydroxylation is 1. The third-order valence-corrected chi connectivity index (χ3v) is 4.09. The summed E-state index contributed by atoms with van der Waals surface area (Å²) in [5.41, 5.74) is 0.720. The summed E-state index contributed by atoms with van der Waals surface area (Å²) in [6, 6.07) is 2.76. The van der Waals surface area contributed by atoms with Gasteiger partial charge in [-0.05, 0) is 57.0 Å². The van der Waals surface area contributed by atoms with Crippen molar-refractivity contribution in [1.82, 2.24) is 10.2 Å². The summed E-state index contributed by atoms with van der Waals surface area (Å²) >= 11 is 6.09. The summed E-state index contributed by atoms with van der Waals surface area (Å²) < 4.78 is 13.6. The summed E-state index contributed by atoms with van der Waals surface area (Å²) in [6.07, 6.45) is 2.09. The van der Waals surface area contributed by atoms with Crippen molar-refractivity contribution in [2.75, 3.05) is 26.7 Å². The van der Waals surface area contributed by atoms with Crippen molar-refractivity contribution < 1.29 is 9.18 Å². The van der Waals surface area contributed by atoms with Crippen LogP contribution in [0.5, 0.6) is 0 Å². The third kappa shape index (κ3) is 3.30. The van der Waals surface area contributed by atoms with Gasteiger partial charge in [0.2, 0.25) is 0 Å². The standard InChI is InChI=1S/C15H20ClFN2O/c1-10-6-13(16)12(7-14(10)17)15(20)19-5-3-4-11(9-19)8-18-2/h6-7,11,18H,3-5,8-9H2,1-2H3. The first-order valence-electron chi connectivity index (χ1n) is 6.92. The molecule has 1 fully saturated rings. The fraction of sp³-hybridized carbons (Fsp3) is 0.533. The number of piperidine rings is 1. The summed E-state index contributed by atoms with van der Waals surface area (Å²) in [6.45, 7) is 3.94. The summed E-state index contributed by atoms with van der Waals surface area (Å²) in [4.78, 5) is 14.3. The van der Waals surface area contributed by atoms with E-state index >= 15 is 0 Å². The number of hydrogen-bond donors (Lipinski definition) is 1. The molecule has 0 radical (unpaired) electrons. The van der Waals surface area contributed by atoms with E-state index < -0.39 is 0 Å². The molecular formula is C15H20ClFN2O. The number of carbonyl (C=O) groups is 1. The number of benzene rings is 1. The molecule has 3 nitrogen and oxygen atoms in total. The summed E-state index contributed by atoms with van der Waals surface area (Å²) in [5.74, 6) is -0.108. The number of amides is 1. The first-order valence-corrected chi connectivity index (χ1v) is 7.30. The lowest BCUT2D eigenvalue weighted by atomic mass is 9.97. The van der Waals surface area contributed by atoms with Crippen LogP contribution in [0.15, 0.2) is 12.1 Å². The Bertz CT molecular complexity index is 505. The minimum absolute atomic E-state index is 0.172. The van der Waals surface area contributed by atoms with Gasteiger partial charge in [0, 0.05) is 13.1 Å². The van der Waals surface area contributed by atoms with E-state index in [1.165, 1.54) is 12.1 Å². The second-order valence-electron chi connectivity index (χ2n) is 5.40. The van der Waals surface area contributed by atoms with Crippen molar-refractivity contribution >= 4 is 17.5 Å². The van der Waals surface area contributed by atoms with Gasteiger partial charge in [-0.15, -0.1) is 0 Å². The minimum Gasteiger partial charge on any atom is -0.338 e. The van der Waals surface area contributed by atoms with Crippen LogP contribution in [-0.2, 0) is 0 Å². The van der Waals surface area contributed by atoms with Crippen molar-refractivity contribution in [3.05, 3.63) is 34.1 Å². The Kier molecular flexibility index (Phi) is 5.00. The lowest BCUT2D eigenvalue weighted by molar-refractivity contribution is 0.0674. The molecule has 5 heteroatoms. The van der Waals surface area contributed by atoms with Crippen molar-refractivity contribution in [3.63, 3.8) is 0 Å². The van der Waals surface area contributed by atoms with Gasteiger partial charge in [0.1, 0.15) is 5.82 Å². The van der Waals surface area contributed by atoms with Crippen molar-refractivity contribution in [2.45, 2.75) is 19.8 Å². The zero-order chi connectivity index (χ0) is 14.7. The van der Waals surface area contributed by atoms with Gasteiger partial charge >= 0.3 is 0 Å². The number of likely N-dealkylation sites (tertiary alicyclic amines) is 1. The van der Waals surface area contributed by atoms with Gasteiger partial charge in [-0.3, -0.25) is 4.79 Å². The van der Waals surface area contributed by atoms with Crippen LogP contribution in [-0.4, -0.2) is 37.5 Å². The number of nitrogens with one attached hydrogen (secondary N) is 1. The van der Waals surface area contributed by atoms with E-state index in [9.17, 15) is 9.18 Å². The quantitative estimate of drug-likeness (QED) is 0.930. The third-order valence-electron chi connectivity index (χ3n) is 3.78. The van der Waals surface area contributed by atoms with Crippen LogP contribution in [0.4, 0.5) is 4.39 Å². The Morgan fingerprint density at radius 2 is 2.30 bits per heavy atom. The van der Waals surface area contributed by atoms with E-state index in [2.05, 4.69) is 5.32 Å². The van der Waals surface area contributed by atoms with Crippen LogP contribution in [0.1, 0.15) is 28.8 Å². The fourth-order valence-electron chi connectivity index (χ4n) is 2.69. The molecule has 0 spiro atoms. The van der Waals surface area contributed by atoms with E-state index in [-0.39, 0.29) is 17.3 Å². The maximum Gasteiger partial charge on any atom is 0.255 e. The van der Waals surface area contributed by atoms with Gasteiger partial charge in [0.15, 0.2) is 0 Å². The van der Waals surface area contributed by atoms with E-state index in [0.29, 0.717) is 29.6 Å². The van der Waals surface area contributed by atoms with Gasteiger partial charge in [0.05, 0.1) is 10.6 Å². The number of halogens is 2. The second kappa shape index (κ2) is 6.55. The molecule has 1 unspecified atom stereocenters. The van der Waals surface area contributed by atoms with Crippen LogP contribution in [0.3, 0.4) is 0 Å². The normalized spacial score (nSPS) is 19.2. The molecule has 1 atom stereocenters. The molecule has 1 N–H and O–H groups in total. The lowest BCUT2D eigenvalue weighted by Crippen LogP contribution is -2.42. The average Bonchev–Trinajstić information content (AvgIpc) is 2.43. The van der Waals surface area contributed by atoms with Crippen LogP contribution in [0, 0.1) is 18.7 Å². The predicted molar refractivity (Wildman–Crippen MR) is 78.7 cm³/mol. The first-order chi connectivity index (χ1) is 9.52. The Morgan fingerprint density at radius 3 is 3.00 bits per heavy atom. The molecule has 2 rings (SSSR count). The molecule has 1 aromatic carbocycles. The topological polar surface area (TPSA) is 32.3 Å². The van der Waals surface area contributed by atoms with Gasteiger partial charge in [0.25, 0.3) is 5.91 Å². The Morgan fingerprint density at radius 1 is 1.55 bits per heavy atom. The largest absolute Gasteiger partial charge is 0.338 e. The zero-order valence-corrected chi connectivity index (χ0v) is 12.6. The van der Waals surface area contributed by atoms with E-state index in [0.717, 1.165) is 19.4 Å². The first kappa shape index (κ1) is 15.3. The zero-order valence-electron chi connectivity index (χ0n) is 11.9. The molecule has 1 amide bonds. The maximum absolute atomic E-state index is 13.6. The molecule has 1 aliphatic rings. The Balaban J connectivity index is 2.16. The summed E-state index contributed by atoms with van der Waals surface area (Å²) in [7, 11) is 1.91. The minimum atomic E-state index is -0.387. The molecule has 0 aliphatic carbocycles. The predicted octanol–water partition coefficient (Wildman–Crippen LogP) is 2.86. The van der Waals surface area contributed by atoms with E-state index in [4.69, 9.17) is 11.6 Å². The highest BCUT2D eigenvalue weighted by Crippen LogP contribution is 2.24. The highest BCUT2D eigenvalue weighted by molar-refractivity contribution is 6.33. The maximum atomic E-state index is 13.6. The van der Waals surface area contributed by atoms with Gasteiger partial charge in [-0.25, -0.2) is 4.39 Å². The molecule has 1 saturated heterocycles.